The molecular weight excluding hydrogens is 313 g/mol. The Kier molecular flexibility index (Phi) is 3.18. The van der Waals surface area contributed by atoms with Gasteiger partial charge in [-0.1, -0.05) is 29.8 Å². The van der Waals surface area contributed by atoms with Crippen LogP contribution < -0.4 is 5.73 Å². The molecule has 1 heterocycles. The Labute approximate surface area is 109 Å². The van der Waals surface area contributed by atoms with Crippen molar-refractivity contribution in [2.45, 2.75) is 20.4 Å². The Morgan fingerprint density at radius 1 is 1.38 bits per heavy atom. The number of aromatic nitrogens is 2. The highest BCUT2D eigenvalue weighted by atomic mass is 127. The third-order valence-electron chi connectivity index (χ3n) is 2.51. The quantitative estimate of drug-likeness (QED) is 0.862. The van der Waals surface area contributed by atoms with Crippen LogP contribution in [0.2, 0.25) is 0 Å². The summed E-state index contributed by atoms with van der Waals surface area (Å²) in [6.45, 7) is 4.80. The smallest absolute Gasteiger partial charge is 0.135 e. The first-order valence-corrected chi connectivity index (χ1v) is 6.19. The van der Waals surface area contributed by atoms with Gasteiger partial charge >= 0.3 is 0 Å². The average molecular weight is 327 g/mol. The number of nitrogen functional groups attached to an aromatic ring is 1. The summed E-state index contributed by atoms with van der Waals surface area (Å²) < 4.78 is 2.90. The highest BCUT2D eigenvalue weighted by molar-refractivity contribution is 14.1. The summed E-state index contributed by atoms with van der Waals surface area (Å²) in [5, 5.41) is 4.42. The summed E-state index contributed by atoms with van der Waals surface area (Å²) in [5.41, 5.74) is 9.46. The van der Waals surface area contributed by atoms with Gasteiger partial charge in [-0.3, -0.25) is 0 Å². The monoisotopic (exact) mass is 327 g/mol. The number of nitrogens with zero attached hydrogens (tertiary/aromatic N) is 2. The number of anilines is 1. The van der Waals surface area contributed by atoms with Crippen LogP contribution >= 0.6 is 22.6 Å². The summed E-state index contributed by atoms with van der Waals surface area (Å²) >= 11 is 2.23. The number of hydrogen-bond donors (Lipinski definition) is 1. The van der Waals surface area contributed by atoms with Crippen LogP contribution in [0.5, 0.6) is 0 Å². The SMILES string of the molecule is Cc1cccc(Cn2nc(C)c(I)c2N)c1. The molecule has 0 spiro atoms. The normalized spacial score (nSPS) is 10.7. The van der Waals surface area contributed by atoms with E-state index in [1.165, 1.54) is 11.1 Å². The first-order chi connectivity index (χ1) is 7.58. The predicted molar refractivity (Wildman–Crippen MR) is 74.4 cm³/mol. The van der Waals surface area contributed by atoms with Crippen LogP contribution in [-0.2, 0) is 6.54 Å². The van der Waals surface area contributed by atoms with E-state index in [2.05, 4.69) is 58.9 Å². The van der Waals surface area contributed by atoms with Crippen LogP contribution in [-0.4, -0.2) is 9.78 Å². The third-order valence-corrected chi connectivity index (χ3v) is 3.84. The molecule has 0 aliphatic carbocycles. The van der Waals surface area contributed by atoms with Crippen molar-refractivity contribution in [1.82, 2.24) is 9.78 Å². The molecule has 2 aromatic rings. The first kappa shape index (κ1) is 11.4. The second kappa shape index (κ2) is 4.45. The minimum absolute atomic E-state index is 0.733. The molecule has 1 aromatic carbocycles. The Morgan fingerprint density at radius 2 is 2.12 bits per heavy atom. The van der Waals surface area contributed by atoms with Crippen molar-refractivity contribution in [3.8, 4) is 0 Å². The maximum absolute atomic E-state index is 5.98. The first-order valence-electron chi connectivity index (χ1n) is 5.12. The lowest BCUT2D eigenvalue weighted by molar-refractivity contribution is 0.689. The van der Waals surface area contributed by atoms with E-state index in [-0.39, 0.29) is 0 Å². The Hall–Kier alpha value is -1.04. The molecule has 84 valence electrons. The number of benzene rings is 1. The van der Waals surface area contributed by atoms with Crippen LogP contribution in [0.25, 0.3) is 0 Å². The van der Waals surface area contributed by atoms with E-state index in [0.717, 1.165) is 21.6 Å². The fourth-order valence-corrected chi connectivity index (χ4v) is 2.07. The maximum Gasteiger partial charge on any atom is 0.135 e. The van der Waals surface area contributed by atoms with Crippen molar-refractivity contribution in [3.63, 3.8) is 0 Å². The largest absolute Gasteiger partial charge is 0.383 e. The van der Waals surface area contributed by atoms with Gasteiger partial charge in [0.2, 0.25) is 0 Å². The van der Waals surface area contributed by atoms with E-state index in [0.29, 0.717) is 0 Å². The topological polar surface area (TPSA) is 43.8 Å². The summed E-state index contributed by atoms with van der Waals surface area (Å²) in [6, 6.07) is 8.40. The average Bonchev–Trinajstić information content (AvgIpc) is 2.47. The van der Waals surface area contributed by atoms with E-state index in [4.69, 9.17) is 5.73 Å². The fourth-order valence-electron chi connectivity index (χ4n) is 1.68. The summed E-state index contributed by atoms with van der Waals surface area (Å²) in [7, 11) is 0. The second-order valence-electron chi connectivity index (χ2n) is 3.93. The Bertz CT molecular complexity index is 517. The van der Waals surface area contributed by atoms with E-state index >= 15 is 0 Å². The maximum atomic E-state index is 5.98. The zero-order chi connectivity index (χ0) is 11.7. The highest BCUT2D eigenvalue weighted by Crippen LogP contribution is 2.19. The van der Waals surface area contributed by atoms with E-state index in [9.17, 15) is 0 Å². The molecule has 0 saturated heterocycles. The van der Waals surface area contributed by atoms with Gasteiger partial charge in [0, 0.05) is 0 Å². The molecule has 16 heavy (non-hydrogen) atoms. The molecule has 4 heteroatoms. The van der Waals surface area contributed by atoms with Crippen LogP contribution in [0, 0.1) is 17.4 Å². The van der Waals surface area contributed by atoms with Crippen molar-refractivity contribution < 1.29 is 0 Å². The summed E-state index contributed by atoms with van der Waals surface area (Å²) in [4.78, 5) is 0. The molecule has 0 radical (unpaired) electrons. The van der Waals surface area contributed by atoms with Gasteiger partial charge in [-0.25, -0.2) is 4.68 Å². The molecular formula is C12H14IN3. The Morgan fingerprint density at radius 3 is 2.69 bits per heavy atom. The van der Waals surface area contributed by atoms with Gasteiger partial charge in [0.15, 0.2) is 0 Å². The van der Waals surface area contributed by atoms with Crippen LogP contribution in [0.4, 0.5) is 5.82 Å². The van der Waals surface area contributed by atoms with Crippen molar-refractivity contribution in [1.29, 1.82) is 0 Å². The molecule has 0 aliphatic rings. The zero-order valence-corrected chi connectivity index (χ0v) is 11.5. The van der Waals surface area contributed by atoms with Crippen LogP contribution in [0.3, 0.4) is 0 Å². The van der Waals surface area contributed by atoms with Crippen LogP contribution in [0.1, 0.15) is 16.8 Å². The van der Waals surface area contributed by atoms with Gasteiger partial charge in [0.25, 0.3) is 0 Å². The molecule has 3 nitrogen and oxygen atoms in total. The van der Waals surface area contributed by atoms with Gasteiger partial charge in [-0.2, -0.15) is 5.10 Å². The zero-order valence-electron chi connectivity index (χ0n) is 9.37. The van der Waals surface area contributed by atoms with Gasteiger partial charge in [0.05, 0.1) is 15.8 Å². The van der Waals surface area contributed by atoms with Gasteiger partial charge in [-0.05, 0) is 42.0 Å². The number of nitrogens with two attached hydrogens (primary N) is 1. The number of aryl methyl sites for hydroxylation is 2. The summed E-state index contributed by atoms with van der Waals surface area (Å²) in [5.74, 6) is 0.750. The van der Waals surface area contributed by atoms with E-state index in [1.54, 1.807) is 0 Å². The van der Waals surface area contributed by atoms with Crippen LogP contribution in [0.15, 0.2) is 24.3 Å². The van der Waals surface area contributed by atoms with Gasteiger partial charge in [0.1, 0.15) is 5.82 Å². The van der Waals surface area contributed by atoms with Crippen molar-refractivity contribution in [2.75, 3.05) is 5.73 Å². The number of hydrogen-bond acceptors (Lipinski definition) is 2. The molecule has 0 amide bonds. The molecule has 2 rings (SSSR count). The highest BCUT2D eigenvalue weighted by Gasteiger charge is 2.09. The lowest BCUT2D eigenvalue weighted by Crippen LogP contribution is -2.06. The lowest BCUT2D eigenvalue weighted by Gasteiger charge is -2.05. The van der Waals surface area contributed by atoms with E-state index < -0.39 is 0 Å². The Balaban J connectivity index is 2.30. The summed E-state index contributed by atoms with van der Waals surface area (Å²) in [6.07, 6.45) is 0. The minimum atomic E-state index is 0.733. The lowest BCUT2D eigenvalue weighted by atomic mass is 10.1. The fraction of sp³-hybridized carbons (Fsp3) is 0.250. The van der Waals surface area contributed by atoms with Crippen molar-refractivity contribution in [2.24, 2.45) is 0 Å². The number of rotatable bonds is 2. The van der Waals surface area contributed by atoms with Gasteiger partial charge < -0.3 is 5.73 Å². The molecule has 0 saturated carbocycles. The van der Waals surface area contributed by atoms with Gasteiger partial charge in [-0.15, -0.1) is 0 Å². The molecule has 0 unspecified atom stereocenters. The molecule has 0 aliphatic heterocycles. The predicted octanol–water partition coefficient (Wildman–Crippen LogP) is 2.74. The van der Waals surface area contributed by atoms with Crippen molar-refractivity contribution >= 4 is 28.4 Å². The minimum Gasteiger partial charge on any atom is -0.383 e. The molecule has 0 atom stereocenters. The molecule has 2 N–H and O–H groups in total. The standard InChI is InChI=1S/C12H14IN3/c1-8-4-3-5-10(6-8)7-16-12(14)11(13)9(2)15-16/h3-6H,7,14H2,1-2H3. The van der Waals surface area contributed by atoms with E-state index in [1.807, 2.05) is 11.6 Å². The van der Waals surface area contributed by atoms with Crippen molar-refractivity contribution in [3.05, 3.63) is 44.7 Å². The number of halogens is 1. The second-order valence-corrected chi connectivity index (χ2v) is 5.01. The molecule has 0 bridgehead atoms. The third kappa shape index (κ3) is 2.21. The molecule has 0 fully saturated rings. The molecule has 1 aromatic heterocycles.